The topological polar surface area (TPSA) is 17.1 Å². The maximum absolute atomic E-state index is 11.6. The Morgan fingerprint density at radius 1 is 1.42 bits per heavy atom. The van der Waals surface area contributed by atoms with E-state index < -0.39 is 4.33 Å². The minimum Gasteiger partial charge on any atom is -0.296 e. The SMILES string of the molecule is CC1(C)[C@@H]2C[C@H]1C(=O)C(Cl)(Cl)C2. The van der Waals surface area contributed by atoms with Crippen molar-refractivity contribution in [2.24, 2.45) is 17.3 Å². The number of ketones is 1. The zero-order valence-corrected chi connectivity index (χ0v) is 8.74. The van der Waals surface area contributed by atoms with Gasteiger partial charge in [-0.05, 0) is 24.2 Å². The Labute approximate surface area is 82.4 Å². The van der Waals surface area contributed by atoms with Crippen LogP contribution in [-0.4, -0.2) is 10.1 Å². The van der Waals surface area contributed by atoms with E-state index in [-0.39, 0.29) is 17.1 Å². The van der Waals surface area contributed by atoms with E-state index in [9.17, 15) is 4.79 Å². The second kappa shape index (κ2) is 2.19. The molecule has 0 aromatic heterocycles. The third kappa shape index (κ3) is 0.898. The summed E-state index contributed by atoms with van der Waals surface area (Å²) in [4.78, 5) is 11.6. The van der Waals surface area contributed by atoms with E-state index in [1.165, 1.54) is 0 Å². The predicted molar refractivity (Wildman–Crippen MR) is 49.4 cm³/mol. The van der Waals surface area contributed by atoms with Gasteiger partial charge in [0.15, 0.2) is 10.1 Å². The van der Waals surface area contributed by atoms with E-state index in [2.05, 4.69) is 13.8 Å². The highest BCUT2D eigenvalue weighted by molar-refractivity contribution is 6.58. The summed E-state index contributed by atoms with van der Waals surface area (Å²) in [5.41, 5.74) is 0.143. The summed E-state index contributed by atoms with van der Waals surface area (Å²) in [5.74, 6) is 0.680. The molecule has 0 aliphatic heterocycles. The van der Waals surface area contributed by atoms with Crippen LogP contribution in [0.4, 0.5) is 0 Å². The van der Waals surface area contributed by atoms with E-state index in [0.29, 0.717) is 12.3 Å². The van der Waals surface area contributed by atoms with Crippen LogP contribution in [0.2, 0.25) is 0 Å². The van der Waals surface area contributed by atoms with Crippen LogP contribution in [0.5, 0.6) is 0 Å². The molecule has 3 heteroatoms. The van der Waals surface area contributed by atoms with E-state index in [1.54, 1.807) is 0 Å². The predicted octanol–water partition coefficient (Wildman–Crippen LogP) is 2.80. The third-order valence-corrected chi connectivity index (χ3v) is 4.33. The first-order chi connectivity index (χ1) is 5.36. The van der Waals surface area contributed by atoms with E-state index in [1.807, 2.05) is 0 Å². The molecule has 0 saturated heterocycles. The van der Waals surface area contributed by atoms with Crippen molar-refractivity contribution in [3.63, 3.8) is 0 Å². The largest absolute Gasteiger partial charge is 0.296 e. The van der Waals surface area contributed by atoms with E-state index in [0.717, 1.165) is 6.42 Å². The highest BCUT2D eigenvalue weighted by Crippen LogP contribution is 2.62. The highest BCUT2D eigenvalue weighted by atomic mass is 35.5. The van der Waals surface area contributed by atoms with Gasteiger partial charge in [0.25, 0.3) is 0 Å². The molecule has 2 bridgehead atoms. The van der Waals surface area contributed by atoms with Gasteiger partial charge in [0, 0.05) is 5.92 Å². The zero-order valence-electron chi connectivity index (χ0n) is 7.23. The lowest BCUT2D eigenvalue weighted by molar-refractivity contribution is -0.149. The molecule has 0 aromatic rings. The lowest BCUT2D eigenvalue weighted by Gasteiger charge is -2.58. The zero-order chi connectivity index (χ0) is 9.15. The molecule has 68 valence electrons. The minimum absolute atomic E-state index is 0.0401. The normalized spacial score (nSPS) is 42.2. The highest BCUT2D eigenvalue weighted by Gasteiger charge is 2.62. The summed E-state index contributed by atoms with van der Waals surface area (Å²) in [6.07, 6.45) is 1.63. The number of carbonyl (C=O) groups is 1. The molecular formula is C9H12Cl2O. The van der Waals surface area contributed by atoms with Gasteiger partial charge in [0.05, 0.1) is 0 Å². The molecule has 3 aliphatic carbocycles. The van der Waals surface area contributed by atoms with Crippen molar-refractivity contribution in [2.45, 2.75) is 31.0 Å². The van der Waals surface area contributed by atoms with Gasteiger partial charge in [-0.3, -0.25) is 4.79 Å². The summed E-state index contributed by atoms with van der Waals surface area (Å²) < 4.78 is -1.08. The number of alkyl halides is 2. The van der Waals surface area contributed by atoms with E-state index >= 15 is 0 Å². The molecule has 3 fully saturated rings. The van der Waals surface area contributed by atoms with Gasteiger partial charge in [-0.1, -0.05) is 37.0 Å². The van der Waals surface area contributed by atoms with Gasteiger partial charge in [-0.15, -0.1) is 0 Å². The number of rotatable bonds is 0. The summed E-state index contributed by atoms with van der Waals surface area (Å²) >= 11 is 11.8. The standard InChI is InChI=1S/C9H12Cl2O/c1-8(2)5-3-6(8)7(12)9(10,11)4-5/h5-6H,3-4H2,1-2H3/t5-,6+/m1/s1. The quantitative estimate of drug-likeness (QED) is 0.558. The van der Waals surface area contributed by atoms with Crippen LogP contribution in [0.3, 0.4) is 0 Å². The summed E-state index contributed by atoms with van der Waals surface area (Å²) in [7, 11) is 0. The van der Waals surface area contributed by atoms with Crippen LogP contribution in [0.15, 0.2) is 0 Å². The van der Waals surface area contributed by atoms with Crippen LogP contribution in [-0.2, 0) is 4.79 Å². The number of hydrogen-bond donors (Lipinski definition) is 0. The monoisotopic (exact) mass is 206 g/mol. The number of carbonyl (C=O) groups excluding carboxylic acids is 1. The summed E-state index contributed by atoms with van der Waals surface area (Å²) in [5, 5.41) is 0. The Morgan fingerprint density at radius 3 is 2.33 bits per heavy atom. The Hall–Kier alpha value is 0.250. The molecule has 3 rings (SSSR count). The van der Waals surface area contributed by atoms with Gasteiger partial charge in [0.2, 0.25) is 0 Å². The maximum Gasteiger partial charge on any atom is 0.176 e. The van der Waals surface area contributed by atoms with Crippen LogP contribution in [0.25, 0.3) is 0 Å². The van der Waals surface area contributed by atoms with Crippen molar-refractivity contribution in [3.8, 4) is 0 Å². The number of hydrogen-bond acceptors (Lipinski definition) is 1. The molecule has 2 atom stereocenters. The molecule has 12 heavy (non-hydrogen) atoms. The molecule has 0 spiro atoms. The van der Waals surface area contributed by atoms with Gasteiger partial charge >= 0.3 is 0 Å². The minimum atomic E-state index is -1.08. The first-order valence-electron chi connectivity index (χ1n) is 4.28. The average Bonchev–Trinajstić information content (AvgIpc) is 1.93. The molecule has 0 unspecified atom stereocenters. The fraction of sp³-hybridized carbons (Fsp3) is 0.889. The fourth-order valence-electron chi connectivity index (χ4n) is 2.47. The number of Topliss-reactive ketones (excluding diaryl/α,β-unsaturated/α-hetero) is 1. The Kier molecular flexibility index (Phi) is 1.61. The van der Waals surface area contributed by atoms with Gasteiger partial charge in [-0.2, -0.15) is 0 Å². The van der Waals surface area contributed by atoms with Gasteiger partial charge < -0.3 is 0 Å². The average molecular weight is 207 g/mol. The van der Waals surface area contributed by atoms with E-state index in [4.69, 9.17) is 23.2 Å². The molecule has 0 amide bonds. The second-order valence-electron chi connectivity index (χ2n) is 4.58. The number of fused-ring (bicyclic) bond motifs is 2. The Morgan fingerprint density at radius 2 is 2.00 bits per heavy atom. The van der Waals surface area contributed by atoms with Crippen molar-refractivity contribution in [1.82, 2.24) is 0 Å². The van der Waals surface area contributed by atoms with Crippen LogP contribution in [0.1, 0.15) is 26.7 Å². The Balaban J connectivity index is 2.29. The molecule has 1 nitrogen and oxygen atoms in total. The van der Waals surface area contributed by atoms with Crippen molar-refractivity contribution >= 4 is 29.0 Å². The first kappa shape index (κ1) is 8.83. The molecule has 3 aliphatic rings. The molecule has 0 heterocycles. The maximum atomic E-state index is 11.6. The molecular weight excluding hydrogens is 195 g/mol. The Bertz CT molecular complexity index is 245. The second-order valence-corrected chi connectivity index (χ2v) is 6.06. The van der Waals surface area contributed by atoms with Crippen LogP contribution >= 0.6 is 23.2 Å². The van der Waals surface area contributed by atoms with Crippen LogP contribution in [0, 0.1) is 17.3 Å². The smallest absolute Gasteiger partial charge is 0.176 e. The summed E-state index contributed by atoms with van der Waals surface area (Å²) in [6, 6.07) is 0. The lowest BCUT2D eigenvalue weighted by atomic mass is 9.48. The first-order valence-corrected chi connectivity index (χ1v) is 5.03. The van der Waals surface area contributed by atoms with Crippen molar-refractivity contribution < 1.29 is 4.79 Å². The third-order valence-electron chi connectivity index (χ3n) is 3.65. The van der Waals surface area contributed by atoms with Crippen LogP contribution < -0.4 is 0 Å². The van der Waals surface area contributed by atoms with Crippen molar-refractivity contribution in [3.05, 3.63) is 0 Å². The summed E-state index contributed by atoms with van der Waals surface area (Å²) in [6.45, 7) is 4.26. The van der Waals surface area contributed by atoms with Gasteiger partial charge in [-0.25, -0.2) is 0 Å². The van der Waals surface area contributed by atoms with Crippen molar-refractivity contribution in [1.29, 1.82) is 0 Å². The molecule has 3 saturated carbocycles. The van der Waals surface area contributed by atoms with Crippen molar-refractivity contribution in [2.75, 3.05) is 0 Å². The molecule has 0 radical (unpaired) electrons. The fourth-order valence-corrected chi connectivity index (χ4v) is 3.11. The lowest BCUT2D eigenvalue weighted by Crippen LogP contribution is -2.59. The number of halogens is 2. The molecule has 0 N–H and O–H groups in total. The van der Waals surface area contributed by atoms with Gasteiger partial charge in [0.1, 0.15) is 0 Å². The molecule has 0 aromatic carbocycles.